The summed E-state index contributed by atoms with van der Waals surface area (Å²) in [5.74, 6) is 0.549. The van der Waals surface area contributed by atoms with E-state index >= 15 is 0 Å². The number of nitrogen functional groups attached to an aromatic ring is 1. The molecule has 0 aromatic carbocycles. The number of fused-ring (bicyclic) bond motifs is 1. The number of aromatic nitrogens is 4. The van der Waals surface area contributed by atoms with Crippen LogP contribution in [0.2, 0.25) is 0 Å². The normalized spacial score (nSPS) is 11.5. The van der Waals surface area contributed by atoms with Gasteiger partial charge in [-0.25, -0.2) is 4.98 Å². The lowest BCUT2D eigenvalue weighted by atomic mass is 10.4. The Hall–Kier alpha value is -1.56. The zero-order valence-electron chi connectivity index (χ0n) is 10.6. The van der Waals surface area contributed by atoms with E-state index in [-0.39, 0.29) is 0 Å². The Labute approximate surface area is 100 Å². The summed E-state index contributed by atoms with van der Waals surface area (Å²) in [4.78, 5) is 4.35. The highest BCUT2D eigenvalue weighted by Crippen LogP contribution is 2.20. The van der Waals surface area contributed by atoms with Crippen LogP contribution in [0.1, 0.15) is 19.0 Å². The molecule has 17 heavy (non-hydrogen) atoms. The molecule has 0 saturated carbocycles. The van der Waals surface area contributed by atoms with Gasteiger partial charge >= 0.3 is 0 Å². The standard InChI is InChI=1S/C11H19N5O/c1-4-17-7-5-6-16-10-9(13-11(16)12)8(2)14-15(10)3/h4-7H2,1-3H3,(H2,12,13). The summed E-state index contributed by atoms with van der Waals surface area (Å²) >= 11 is 0. The Morgan fingerprint density at radius 1 is 1.41 bits per heavy atom. The van der Waals surface area contributed by atoms with E-state index in [2.05, 4.69) is 10.1 Å². The predicted octanol–water partition coefficient (Wildman–Crippen LogP) is 1.09. The van der Waals surface area contributed by atoms with Crippen molar-refractivity contribution in [1.29, 1.82) is 0 Å². The second-order valence-electron chi connectivity index (χ2n) is 4.05. The number of ether oxygens (including phenoxy) is 1. The fourth-order valence-electron chi connectivity index (χ4n) is 2.04. The van der Waals surface area contributed by atoms with Gasteiger partial charge < -0.3 is 10.5 Å². The van der Waals surface area contributed by atoms with Crippen molar-refractivity contribution in [2.75, 3.05) is 18.9 Å². The average Bonchev–Trinajstić information content (AvgIpc) is 2.74. The molecule has 0 atom stereocenters. The second kappa shape index (κ2) is 4.75. The van der Waals surface area contributed by atoms with Crippen LogP contribution >= 0.6 is 0 Å². The molecule has 2 rings (SSSR count). The van der Waals surface area contributed by atoms with Crippen LogP contribution in [0, 0.1) is 6.92 Å². The monoisotopic (exact) mass is 237 g/mol. The molecule has 0 aliphatic heterocycles. The molecular weight excluding hydrogens is 218 g/mol. The number of rotatable bonds is 5. The third-order valence-corrected chi connectivity index (χ3v) is 2.79. The number of hydrogen-bond acceptors (Lipinski definition) is 4. The summed E-state index contributed by atoms with van der Waals surface area (Å²) in [5, 5.41) is 4.34. The molecule has 0 bridgehead atoms. The van der Waals surface area contributed by atoms with Crippen molar-refractivity contribution in [2.24, 2.45) is 7.05 Å². The molecule has 2 aromatic rings. The van der Waals surface area contributed by atoms with Crippen LogP contribution in [0.4, 0.5) is 5.95 Å². The zero-order valence-corrected chi connectivity index (χ0v) is 10.6. The summed E-state index contributed by atoms with van der Waals surface area (Å²) < 4.78 is 9.14. The fraction of sp³-hybridized carbons (Fsp3) is 0.636. The highest BCUT2D eigenvalue weighted by Gasteiger charge is 2.14. The molecule has 2 heterocycles. The molecule has 0 amide bonds. The van der Waals surface area contributed by atoms with E-state index in [1.807, 2.05) is 30.1 Å². The van der Waals surface area contributed by atoms with E-state index in [4.69, 9.17) is 10.5 Å². The minimum atomic E-state index is 0.549. The lowest BCUT2D eigenvalue weighted by Crippen LogP contribution is -2.09. The fourth-order valence-corrected chi connectivity index (χ4v) is 2.04. The highest BCUT2D eigenvalue weighted by atomic mass is 16.5. The van der Waals surface area contributed by atoms with E-state index in [0.717, 1.165) is 43.0 Å². The van der Waals surface area contributed by atoms with Gasteiger partial charge in [0.25, 0.3) is 0 Å². The van der Waals surface area contributed by atoms with Crippen LogP contribution in [0.3, 0.4) is 0 Å². The van der Waals surface area contributed by atoms with Gasteiger partial charge in [0.1, 0.15) is 5.52 Å². The Kier molecular flexibility index (Phi) is 3.33. The van der Waals surface area contributed by atoms with Gasteiger partial charge in [0.2, 0.25) is 5.95 Å². The van der Waals surface area contributed by atoms with E-state index < -0.39 is 0 Å². The van der Waals surface area contributed by atoms with E-state index in [1.54, 1.807) is 0 Å². The van der Waals surface area contributed by atoms with Crippen molar-refractivity contribution in [3.05, 3.63) is 5.69 Å². The first-order chi connectivity index (χ1) is 8.15. The lowest BCUT2D eigenvalue weighted by molar-refractivity contribution is 0.142. The lowest BCUT2D eigenvalue weighted by Gasteiger charge is -2.06. The number of nitrogens with two attached hydrogens (primary N) is 1. The van der Waals surface area contributed by atoms with Crippen molar-refractivity contribution in [1.82, 2.24) is 19.3 Å². The van der Waals surface area contributed by atoms with Gasteiger partial charge in [0, 0.05) is 26.8 Å². The molecule has 6 heteroatoms. The van der Waals surface area contributed by atoms with Crippen LogP contribution < -0.4 is 5.73 Å². The summed E-state index contributed by atoms with van der Waals surface area (Å²) in [6.45, 7) is 6.24. The van der Waals surface area contributed by atoms with Gasteiger partial charge in [-0.05, 0) is 20.3 Å². The third kappa shape index (κ3) is 2.12. The predicted molar refractivity (Wildman–Crippen MR) is 66.8 cm³/mol. The summed E-state index contributed by atoms with van der Waals surface area (Å²) in [7, 11) is 1.91. The minimum Gasteiger partial charge on any atom is -0.382 e. The van der Waals surface area contributed by atoms with E-state index in [0.29, 0.717) is 5.95 Å². The molecule has 0 spiro atoms. The van der Waals surface area contributed by atoms with Crippen LogP contribution in [0.25, 0.3) is 11.2 Å². The average molecular weight is 237 g/mol. The van der Waals surface area contributed by atoms with Crippen molar-refractivity contribution in [3.8, 4) is 0 Å². The SMILES string of the molecule is CCOCCCn1c(N)nc2c(C)nn(C)c21. The third-order valence-electron chi connectivity index (χ3n) is 2.79. The number of hydrogen-bond donors (Lipinski definition) is 1. The van der Waals surface area contributed by atoms with Gasteiger partial charge in [-0.1, -0.05) is 0 Å². The van der Waals surface area contributed by atoms with E-state index in [1.165, 1.54) is 0 Å². The smallest absolute Gasteiger partial charge is 0.202 e. The first kappa shape index (κ1) is 11.9. The van der Waals surface area contributed by atoms with Crippen molar-refractivity contribution >= 4 is 17.1 Å². The van der Waals surface area contributed by atoms with Gasteiger partial charge in [0.05, 0.1) is 5.69 Å². The summed E-state index contributed by atoms with van der Waals surface area (Å²) in [6.07, 6.45) is 0.924. The quantitative estimate of drug-likeness (QED) is 0.790. The second-order valence-corrected chi connectivity index (χ2v) is 4.05. The van der Waals surface area contributed by atoms with Crippen LogP contribution in [0.15, 0.2) is 0 Å². The number of anilines is 1. The van der Waals surface area contributed by atoms with Crippen LogP contribution in [0.5, 0.6) is 0 Å². The number of nitrogens with zero attached hydrogens (tertiary/aromatic N) is 4. The van der Waals surface area contributed by atoms with Crippen molar-refractivity contribution in [2.45, 2.75) is 26.8 Å². The van der Waals surface area contributed by atoms with Gasteiger partial charge in [-0.2, -0.15) is 5.10 Å². The zero-order chi connectivity index (χ0) is 12.4. The molecule has 0 unspecified atom stereocenters. The molecule has 94 valence electrons. The Bertz CT molecular complexity index is 513. The molecule has 0 saturated heterocycles. The highest BCUT2D eigenvalue weighted by molar-refractivity contribution is 5.77. The topological polar surface area (TPSA) is 70.9 Å². The Morgan fingerprint density at radius 3 is 2.88 bits per heavy atom. The number of aryl methyl sites for hydroxylation is 3. The first-order valence-electron chi connectivity index (χ1n) is 5.88. The largest absolute Gasteiger partial charge is 0.382 e. The maximum atomic E-state index is 5.92. The summed E-state index contributed by atoms with van der Waals surface area (Å²) in [5.41, 5.74) is 8.71. The van der Waals surface area contributed by atoms with Crippen LogP contribution in [-0.4, -0.2) is 32.5 Å². The van der Waals surface area contributed by atoms with Gasteiger partial charge in [-0.3, -0.25) is 9.25 Å². The van der Waals surface area contributed by atoms with Gasteiger partial charge in [-0.15, -0.1) is 0 Å². The minimum absolute atomic E-state index is 0.549. The molecule has 2 N–H and O–H groups in total. The van der Waals surface area contributed by atoms with Crippen molar-refractivity contribution in [3.63, 3.8) is 0 Å². The van der Waals surface area contributed by atoms with Crippen molar-refractivity contribution < 1.29 is 4.74 Å². The molecule has 2 aromatic heterocycles. The van der Waals surface area contributed by atoms with E-state index in [9.17, 15) is 0 Å². The maximum Gasteiger partial charge on any atom is 0.202 e. The molecule has 0 radical (unpaired) electrons. The Balaban J connectivity index is 2.23. The molecule has 0 aliphatic carbocycles. The first-order valence-corrected chi connectivity index (χ1v) is 5.88. The van der Waals surface area contributed by atoms with Gasteiger partial charge in [0.15, 0.2) is 5.65 Å². The summed E-state index contributed by atoms with van der Waals surface area (Å²) in [6, 6.07) is 0. The molecular formula is C11H19N5O. The maximum absolute atomic E-state index is 5.92. The Morgan fingerprint density at radius 2 is 2.18 bits per heavy atom. The molecule has 0 aliphatic rings. The number of imidazole rings is 1. The van der Waals surface area contributed by atoms with Crippen LogP contribution in [-0.2, 0) is 18.3 Å². The molecule has 6 nitrogen and oxygen atoms in total. The molecule has 0 fully saturated rings.